The van der Waals surface area contributed by atoms with Gasteiger partial charge in [-0.2, -0.15) is 0 Å². The van der Waals surface area contributed by atoms with E-state index in [2.05, 4.69) is 0 Å². The van der Waals surface area contributed by atoms with E-state index in [1.165, 1.54) is 0 Å². The fraction of sp³-hybridized carbons (Fsp3) is 0.667. The van der Waals surface area contributed by atoms with Crippen LogP contribution >= 0.6 is 0 Å². The molecule has 13 heavy (non-hydrogen) atoms. The number of hydrogen-bond acceptors (Lipinski definition) is 3. The van der Waals surface area contributed by atoms with Crippen molar-refractivity contribution in [2.24, 2.45) is 5.73 Å². The molecule has 0 bridgehead atoms. The Kier molecular flexibility index (Phi) is 6.18. The zero-order valence-corrected chi connectivity index (χ0v) is 8.37. The number of hydrogen-bond donors (Lipinski definition) is 1. The topological polar surface area (TPSA) is 61.5 Å². The van der Waals surface area contributed by atoms with Gasteiger partial charge in [0.25, 0.3) is 0 Å². The van der Waals surface area contributed by atoms with Crippen molar-refractivity contribution < 1.29 is 14.3 Å². The van der Waals surface area contributed by atoms with Gasteiger partial charge in [0.1, 0.15) is 0 Å². The molecule has 0 fully saturated rings. The van der Waals surface area contributed by atoms with Crippen molar-refractivity contribution in [3.63, 3.8) is 0 Å². The second-order valence-corrected chi connectivity index (χ2v) is 2.49. The zero-order valence-electron chi connectivity index (χ0n) is 8.37. The molecule has 4 nitrogen and oxygen atoms in total. The summed E-state index contributed by atoms with van der Waals surface area (Å²) in [6.45, 7) is 6.42. The standard InChI is InChI=1S/C9H17NO3/c1-4-12-8(13-5-2)6-7(3)9(10)11/h6,8H,4-5H2,1-3H3,(H2,10,11). The molecule has 0 atom stereocenters. The molecule has 76 valence electrons. The molecule has 0 aromatic heterocycles. The first kappa shape index (κ1) is 12.1. The highest BCUT2D eigenvalue weighted by molar-refractivity contribution is 5.91. The molecule has 0 radical (unpaired) electrons. The summed E-state index contributed by atoms with van der Waals surface area (Å²) >= 11 is 0. The second-order valence-electron chi connectivity index (χ2n) is 2.49. The second kappa shape index (κ2) is 6.62. The van der Waals surface area contributed by atoms with Crippen molar-refractivity contribution in [1.82, 2.24) is 0 Å². The molecule has 1 amide bonds. The van der Waals surface area contributed by atoms with Crippen LogP contribution in [0.1, 0.15) is 20.8 Å². The van der Waals surface area contributed by atoms with Crippen LogP contribution in [0.4, 0.5) is 0 Å². The first-order chi connectivity index (χ1) is 6.11. The van der Waals surface area contributed by atoms with E-state index in [-0.39, 0.29) is 0 Å². The van der Waals surface area contributed by atoms with E-state index in [4.69, 9.17) is 15.2 Å². The maximum atomic E-state index is 10.7. The first-order valence-electron chi connectivity index (χ1n) is 4.33. The number of carbonyl (C=O) groups excluding carboxylic acids is 1. The summed E-state index contributed by atoms with van der Waals surface area (Å²) in [5.41, 5.74) is 5.51. The van der Waals surface area contributed by atoms with Crippen LogP contribution in [0.15, 0.2) is 11.6 Å². The van der Waals surface area contributed by atoms with Crippen LogP contribution in [0.25, 0.3) is 0 Å². The van der Waals surface area contributed by atoms with Gasteiger partial charge in [-0.3, -0.25) is 4.79 Å². The van der Waals surface area contributed by atoms with Crippen molar-refractivity contribution in [1.29, 1.82) is 0 Å². The van der Waals surface area contributed by atoms with Crippen LogP contribution in [0.2, 0.25) is 0 Å². The molecule has 0 aromatic rings. The smallest absolute Gasteiger partial charge is 0.244 e. The number of primary amides is 1. The van der Waals surface area contributed by atoms with Crippen LogP contribution < -0.4 is 5.73 Å². The molecule has 2 N–H and O–H groups in total. The van der Waals surface area contributed by atoms with Gasteiger partial charge in [-0.1, -0.05) is 0 Å². The molecule has 0 heterocycles. The van der Waals surface area contributed by atoms with E-state index in [9.17, 15) is 4.79 Å². The molecule has 0 unspecified atom stereocenters. The van der Waals surface area contributed by atoms with E-state index in [1.807, 2.05) is 13.8 Å². The largest absolute Gasteiger partial charge is 0.366 e. The molecular formula is C9H17NO3. The molecule has 0 aliphatic heterocycles. The maximum Gasteiger partial charge on any atom is 0.244 e. The molecule has 0 saturated carbocycles. The Bertz CT molecular complexity index is 183. The summed E-state index contributed by atoms with van der Waals surface area (Å²) in [7, 11) is 0. The van der Waals surface area contributed by atoms with Crippen molar-refractivity contribution >= 4 is 5.91 Å². The fourth-order valence-electron chi connectivity index (χ4n) is 0.759. The third-order valence-corrected chi connectivity index (χ3v) is 1.44. The minimum absolute atomic E-state index is 0.451. The summed E-state index contributed by atoms with van der Waals surface area (Å²) < 4.78 is 10.4. The van der Waals surface area contributed by atoms with Gasteiger partial charge in [0.15, 0.2) is 6.29 Å². The van der Waals surface area contributed by atoms with Crippen LogP contribution in [-0.4, -0.2) is 25.4 Å². The predicted molar refractivity (Wildman–Crippen MR) is 50.0 cm³/mol. The van der Waals surface area contributed by atoms with Gasteiger partial charge < -0.3 is 15.2 Å². The van der Waals surface area contributed by atoms with Gasteiger partial charge in [-0.15, -0.1) is 0 Å². The van der Waals surface area contributed by atoms with Crippen LogP contribution in [0.5, 0.6) is 0 Å². The first-order valence-corrected chi connectivity index (χ1v) is 4.33. The minimum atomic E-state index is -0.470. The lowest BCUT2D eigenvalue weighted by atomic mass is 10.2. The third kappa shape index (κ3) is 5.38. The van der Waals surface area contributed by atoms with Crippen molar-refractivity contribution in [3.05, 3.63) is 11.6 Å². The molecule has 0 aliphatic rings. The summed E-state index contributed by atoms with van der Waals surface area (Å²) in [6, 6.07) is 0. The Morgan fingerprint density at radius 3 is 2.15 bits per heavy atom. The predicted octanol–water partition coefficient (Wildman–Crippen LogP) is 0.817. The molecule has 0 spiro atoms. The maximum absolute atomic E-state index is 10.7. The average molecular weight is 187 g/mol. The molecule has 0 aliphatic carbocycles. The van der Waals surface area contributed by atoms with Crippen molar-refractivity contribution in [2.45, 2.75) is 27.1 Å². The van der Waals surface area contributed by atoms with Crippen molar-refractivity contribution in [3.8, 4) is 0 Å². The Hall–Kier alpha value is -0.870. The Morgan fingerprint density at radius 1 is 1.38 bits per heavy atom. The highest BCUT2D eigenvalue weighted by Gasteiger charge is 2.06. The third-order valence-electron chi connectivity index (χ3n) is 1.44. The van der Waals surface area contributed by atoms with Gasteiger partial charge in [-0.05, 0) is 26.8 Å². The normalized spacial score (nSPS) is 12.2. The van der Waals surface area contributed by atoms with E-state index in [0.29, 0.717) is 18.8 Å². The van der Waals surface area contributed by atoms with E-state index < -0.39 is 12.2 Å². The molecule has 4 heteroatoms. The van der Waals surface area contributed by atoms with E-state index in [1.54, 1.807) is 13.0 Å². The molecular weight excluding hydrogens is 170 g/mol. The minimum Gasteiger partial charge on any atom is -0.366 e. The van der Waals surface area contributed by atoms with Crippen LogP contribution in [0, 0.1) is 0 Å². The highest BCUT2D eigenvalue weighted by Crippen LogP contribution is 2.01. The number of nitrogens with two attached hydrogens (primary N) is 1. The van der Waals surface area contributed by atoms with Crippen LogP contribution in [0.3, 0.4) is 0 Å². The number of ether oxygens (including phenoxy) is 2. The quantitative estimate of drug-likeness (QED) is 0.494. The Morgan fingerprint density at radius 2 is 1.85 bits per heavy atom. The lowest BCUT2D eigenvalue weighted by Gasteiger charge is -2.13. The average Bonchev–Trinajstić information content (AvgIpc) is 2.05. The Balaban J connectivity index is 4.20. The van der Waals surface area contributed by atoms with E-state index >= 15 is 0 Å². The molecule has 0 saturated heterocycles. The van der Waals surface area contributed by atoms with Gasteiger partial charge in [-0.25, -0.2) is 0 Å². The van der Waals surface area contributed by atoms with Crippen LogP contribution in [-0.2, 0) is 14.3 Å². The summed E-state index contributed by atoms with van der Waals surface area (Å²) in [4.78, 5) is 10.7. The fourth-order valence-corrected chi connectivity index (χ4v) is 0.759. The summed E-state index contributed by atoms with van der Waals surface area (Å²) in [5.74, 6) is -0.454. The monoisotopic (exact) mass is 187 g/mol. The molecule has 0 rings (SSSR count). The highest BCUT2D eigenvalue weighted by atomic mass is 16.7. The number of amides is 1. The van der Waals surface area contributed by atoms with Gasteiger partial charge in [0.2, 0.25) is 5.91 Å². The van der Waals surface area contributed by atoms with E-state index in [0.717, 1.165) is 0 Å². The van der Waals surface area contributed by atoms with Gasteiger partial charge in [0.05, 0.1) is 0 Å². The van der Waals surface area contributed by atoms with Gasteiger partial charge in [0, 0.05) is 18.8 Å². The zero-order chi connectivity index (χ0) is 10.3. The lowest BCUT2D eigenvalue weighted by Crippen LogP contribution is -2.19. The number of carbonyl (C=O) groups is 1. The van der Waals surface area contributed by atoms with Gasteiger partial charge >= 0.3 is 0 Å². The lowest BCUT2D eigenvalue weighted by molar-refractivity contribution is -0.116. The summed E-state index contributed by atoms with van der Waals surface area (Å²) in [5, 5.41) is 0. The summed E-state index contributed by atoms with van der Waals surface area (Å²) in [6.07, 6.45) is 1.11. The SMILES string of the molecule is CCOC(C=C(C)C(N)=O)OCC. The van der Waals surface area contributed by atoms with Crippen molar-refractivity contribution in [2.75, 3.05) is 13.2 Å². The number of rotatable bonds is 6. The molecule has 0 aromatic carbocycles. The Labute approximate surface area is 78.7 Å².